The zero-order valence-electron chi connectivity index (χ0n) is 13.0. The van der Waals surface area contributed by atoms with E-state index in [4.69, 9.17) is 5.73 Å². The third-order valence-electron chi connectivity index (χ3n) is 4.47. The predicted molar refractivity (Wildman–Crippen MR) is 85.4 cm³/mol. The first kappa shape index (κ1) is 16.7. The molecule has 0 aromatic carbocycles. The molecule has 0 heterocycles. The Bertz CT molecular complexity index is 236. The molecule has 1 rings (SSSR count). The van der Waals surface area contributed by atoms with Gasteiger partial charge in [-0.25, -0.2) is 0 Å². The molecule has 0 aromatic heterocycles. The highest BCUT2D eigenvalue weighted by Gasteiger charge is 2.26. The Morgan fingerprint density at radius 3 is 1.74 bits per heavy atom. The molecule has 19 heavy (non-hydrogen) atoms. The summed E-state index contributed by atoms with van der Waals surface area (Å²) in [7, 11) is 0. The number of nitrogens with two attached hydrogens (primary N) is 1. The second kappa shape index (κ2) is 9.55. The number of hydrogen-bond acceptors (Lipinski definition) is 2. The standard InChI is InChI=1S/C17H34N2/c1-16(2)14-19-17(15-18)12-10-8-6-4-3-5-7-9-11-13-17/h19H,1,3-15,18H2,2H3. The van der Waals surface area contributed by atoms with Crippen molar-refractivity contribution in [3.05, 3.63) is 12.2 Å². The predicted octanol–water partition coefficient (Wildman–Crippen LogP) is 4.15. The Labute approximate surface area is 120 Å². The molecular weight excluding hydrogens is 232 g/mol. The topological polar surface area (TPSA) is 38.0 Å². The molecule has 2 heteroatoms. The van der Waals surface area contributed by atoms with Crippen molar-refractivity contribution in [2.24, 2.45) is 5.73 Å². The molecule has 0 aliphatic heterocycles. The van der Waals surface area contributed by atoms with Gasteiger partial charge in [0.2, 0.25) is 0 Å². The van der Waals surface area contributed by atoms with Gasteiger partial charge in [-0.2, -0.15) is 0 Å². The van der Waals surface area contributed by atoms with Crippen molar-refractivity contribution >= 4 is 0 Å². The van der Waals surface area contributed by atoms with Crippen LogP contribution in [0.25, 0.3) is 0 Å². The fraction of sp³-hybridized carbons (Fsp3) is 0.882. The smallest absolute Gasteiger partial charge is 0.0306 e. The van der Waals surface area contributed by atoms with Crippen LogP contribution in [0.5, 0.6) is 0 Å². The van der Waals surface area contributed by atoms with Crippen molar-refractivity contribution in [3.63, 3.8) is 0 Å². The molecule has 0 aromatic rings. The zero-order chi connectivity index (χ0) is 14.0. The fourth-order valence-corrected chi connectivity index (χ4v) is 3.08. The maximum atomic E-state index is 6.11. The molecule has 1 aliphatic carbocycles. The molecule has 1 fully saturated rings. The summed E-state index contributed by atoms with van der Waals surface area (Å²) >= 11 is 0. The van der Waals surface area contributed by atoms with Crippen molar-refractivity contribution in [2.45, 2.75) is 83.1 Å². The van der Waals surface area contributed by atoms with Crippen molar-refractivity contribution in [1.29, 1.82) is 0 Å². The van der Waals surface area contributed by atoms with E-state index < -0.39 is 0 Å². The van der Waals surface area contributed by atoms with Crippen LogP contribution in [-0.4, -0.2) is 18.6 Å². The SMILES string of the molecule is C=C(C)CNC1(CN)CCCCCCCCCCC1. The molecule has 0 radical (unpaired) electrons. The molecule has 2 nitrogen and oxygen atoms in total. The first-order valence-electron chi connectivity index (χ1n) is 8.28. The van der Waals surface area contributed by atoms with Crippen molar-refractivity contribution in [2.75, 3.05) is 13.1 Å². The quantitative estimate of drug-likeness (QED) is 0.750. The first-order valence-corrected chi connectivity index (χ1v) is 8.28. The molecule has 0 spiro atoms. The third-order valence-corrected chi connectivity index (χ3v) is 4.47. The molecule has 0 unspecified atom stereocenters. The summed E-state index contributed by atoms with van der Waals surface area (Å²) in [5.74, 6) is 0. The van der Waals surface area contributed by atoms with Gasteiger partial charge in [-0.15, -0.1) is 0 Å². The second-order valence-electron chi connectivity index (χ2n) is 6.48. The molecule has 1 aliphatic rings. The van der Waals surface area contributed by atoms with E-state index in [0.29, 0.717) is 0 Å². The highest BCUT2D eigenvalue weighted by molar-refractivity contribution is 4.97. The highest BCUT2D eigenvalue weighted by Crippen LogP contribution is 2.24. The van der Waals surface area contributed by atoms with Crippen LogP contribution in [0, 0.1) is 0 Å². The van der Waals surface area contributed by atoms with Gasteiger partial charge in [-0.3, -0.25) is 0 Å². The molecule has 0 amide bonds. The maximum absolute atomic E-state index is 6.11. The monoisotopic (exact) mass is 266 g/mol. The lowest BCUT2D eigenvalue weighted by atomic mass is 9.85. The minimum absolute atomic E-state index is 0.165. The molecule has 0 bridgehead atoms. The van der Waals surface area contributed by atoms with Crippen molar-refractivity contribution in [1.82, 2.24) is 5.32 Å². The average molecular weight is 266 g/mol. The van der Waals surface area contributed by atoms with E-state index in [1.807, 2.05) is 0 Å². The van der Waals surface area contributed by atoms with Crippen LogP contribution >= 0.6 is 0 Å². The summed E-state index contributed by atoms with van der Waals surface area (Å²) in [6.45, 7) is 7.77. The van der Waals surface area contributed by atoms with Gasteiger partial charge in [0.15, 0.2) is 0 Å². The van der Waals surface area contributed by atoms with Gasteiger partial charge in [0.05, 0.1) is 0 Å². The number of nitrogens with one attached hydrogen (secondary N) is 1. The molecule has 112 valence electrons. The Kier molecular flexibility index (Phi) is 8.40. The molecular formula is C17H34N2. The van der Waals surface area contributed by atoms with Gasteiger partial charge in [-0.1, -0.05) is 69.9 Å². The van der Waals surface area contributed by atoms with Gasteiger partial charge in [-0.05, 0) is 19.8 Å². The number of rotatable bonds is 4. The van der Waals surface area contributed by atoms with E-state index in [9.17, 15) is 0 Å². The van der Waals surface area contributed by atoms with E-state index in [1.54, 1.807) is 0 Å². The normalized spacial score (nSPS) is 22.2. The van der Waals surface area contributed by atoms with Gasteiger partial charge < -0.3 is 11.1 Å². The van der Waals surface area contributed by atoms with E-state index in [1.165, 1.54) is 76.2 Å². The van der Waals surface area contributed by atoms with Crippen LogP contribution in [0.2, 0.25) is 0 Å². The van der Waals surface area contributed by atoms with E-state index in [2.05, 4.69) is 18.8 Å². The lowest BCUT2D eigenvalue weighted by molar-refractivity contribution is 0.274. The largest absolute Gasteiger partial charge is 0.329 e. The van der Waals surface area contributed by atoms with E-state index >= 15 is 0 Å². The molecule has 0 atom stereocenters. The number of hydrogen-bond donors (Lipinski definition) is 2. The second-order valence-corrected chi connectivity index (χ2v) is 6.48. The maximum Gasteiger partial charge on any atom is 0.0306 e. The summed E-state index contributed by atoms with van der Waals surface area (Å²) in [5, 5.41) is 3.71. The Morgan fingerprint density at radius 1 is 0.947 bits per heavy atom. The average Bonchev–Trinajstić information content (AvgIpc) is 2.39. The minimum atomic E-state index is 0.165. The highest BCUT2D eigenvalue weighted by atomic mass is 15.0. The van der Waals surface area contributed by atoms with Gasteiger partial charge in [0.1, 0.15) is 0 Å². The fourth-order valence-electron chi connectivity index (χ4n) is 3.08. The Morgan fingerprint density at radius 2 is 1.37 bits per heavy atom. The lowest BCUT2D eigenvalue weighted by Gasteiger charge is -2.35. The minimum Gasteiger partial charge on any atom is -0.329 e. The summed E-state index contributed by atoms with van der Waals surface area (Å²) in [5.41, 5.74) is 7.48. The van der Waals surface area contributed by atoms with Crippen molar-refractivity contribution in [3.8, 4) is 0 Å². The van der Waals surface area contributed by atoms with Crippen LogP contribution in [0.4, 0.5) is 0 Å². The molecule has 1 saturated carbocycles. The van der Waals surface area contributed by atoms with Gasteiger partial charge in [0, 0.05) is 18.6 Å². The molecule has 3 N–H and O–H groups in total. The van der Waals surface area contributed by atoms with Crippen molar-refractivity contribution < 1.29 is 0 Å². The Balaban J connectivity index is 2.52. The molecule has 0 saturated heterocycles. The summed E-state index contributed by atoms with van der Waals surface area (Å²) in [6, 6.07) is 0. The summed E-state index contributed by atoms with van der Waals surface area (Å²) in [4.78, 5) is 0. The van der Waals surface area contributed by atoms with Crippen LogP contribution in [0.1, 0.15) is 77.6 Å². The summed E-state index contributed by atoms with van der Waals surface area (Å²) < 4.78 is 0. The van der Waals surface area contributed by atoms with Crippen LogP contribution in [0.15, 0.2) is 12.2 Å². The van der Waals surface area contributed by atoms with Gasteiger partial charge in [0.25, 0.3) is 0 Å². The van der Waals surface area contributed by atoms with Crippen LogP contribution in [-0.2, 0) is 0 Å². The van der Waals surface area contributed by atoms with E-state index in [-0.39, 0.29) is 5.54 Å². The van der Waals surface area contributed by atoms with E-state index in [0.717, 1.165) is 13.1 Å². The van der Waals surface area contributed by atoms with Crippen LogP contribution < -0.4 is 11.1 Å². The lowest BCUT2D eigenvalue weighted by Crippen LogP contribution is -2.51. The van der Waals surface area contributed by atoms with Gasteiger partial charge >= 0.3 is 0 Å². The Hall–Kier alpha value is -0.340. The third kappa shape index (κ3) is 7.12. The zero-order valence-corrected chi connectivity index (χ0v) is 13.0. The summed E-state index contributed by atoms with van der Waals surface area (Å²) in [6.07, 6.45) is 14.9. The first-order chi connectivity index (χ1) is 9.18. The van der Waals surface area contributed by atoms with Crippen LogP contribution in [0.3, 0.4) is 0 Å².